The van der Waals surface area contributed by atoms with Gasteiger partial charge in [-0.2, -0.15) is 0 Å². The second-order valence-electron chi connectivity index (χ2n) is 6.60. The Morgan fingerprint density at radius 1 is 1.04 bits per heavy atom. The smallest absolute Gasteiger partial charge is 0.244 e. The number of likely N-dealkylation sites (N-methyl/N-ethyl adjacent to an activating group) is 2. The van der Waals surface area contributed by atoms with Crippen LogP contribution in [0.1, 0.15) is 17.2 Å². The van der Waals surface area contributed by atoms with Gasteiger partial charge in [0.2, 0.25) is 5.91 Å². The molecule has 0 fully saturated rings. The van der Waals surface area contributed by atoms with Crippen LogP contribution in [0.15, 0.2) is 60.8 Å². The topological polar surface area (TPSA) is 36.4 Å². The van der Waals surface area contributed by atoms with Crippen LogP contribution in [0, 0.1) is 5.82 Å². The molecule has 0 N–H and O–H groups in total. The van der Waals surface area contributed by atoms with Gasteiger partial charge in [0, 0.05) is 25.2 Å². The first-order valence-electron chi connectivity index (χ1n) is 8.47. The van der Waals surface area contributed by atoms with E-state index in [4.69, 9.17) is 0 Å². The highest BCUT2D eigenvalue weighted by Gasteiger charge is 2.26. The fourth-order valence-corrected chi connectivity index (χ4v) is 3.15. The number of amides is 1. The lowest BCUT2D eigenvalue weighted by atomic mass is 10.0. The summed E-state index contributed by atoms with van der Waals surface area (Å²) >= 11 is 0. The van der Waals surface area contributed by atoms with Crippen LogP contribution >= 0.6 is 0 Å². The summed E-state index contributed by atoms with van der Waals surface area (Å²) in [6.45, 7) is 0.480. The molecule has 5 heteroatoms. The van der Waals surface area contributed by atoms with Gasteiger partial charge >= 0.3 is 0 Å². The first kappa shape index (κ1) is 18.0. The van der Waals surface area contributed by atoms with E-state index in [0.29, 0.717) is 6.54 Å². The molecule has 0 radical (unpaired) electrons. The van der Waals surface area contributed by atoms with Crippen molar-refractivity contribution < 1.29 is 9.18 Å². The van der Waals surface area contributed by atoms with Crippen LogP contribution in [0.3, 0.4) is 0 Å². The van der Waals surface area contributed by atoms with Crippen molar-refractivity contribution >= 4 is 16.8 Å². The molecule has 1 aromatic heterocycles. The molecule has 0 bridgehead atoms. The average molecular weight is 351 g/mol. The molecule has 0 aliphatic rings. The molecule has 1 heterocycles. The molecule has 1 atom stereocenters. The number of benzene rings is 2. The third kappa shape index (κ3) is 3.73. The van der Waals surface area contributed by atoms with Crippen LogP contribution in [0.5, 0.6) is 0 Å². The molecule has 0 saturated carbocycles. The number of pyridine rings is 1. The van der Waals surface area contributed by atoms with Gasteiger partial charge in [-0.1, -0.05) is 30.3 Å². The van der Waals surface area contributed by atoms with E-state index < -0.39 is 6.04 Å². The van der Waals surface area contributed by atoms with Gasteiger partial charge in [0.25, 0.3) is 0 Å². The number of aromatic nitrogens is 1. The van der Waals surface area contributed by atoms with Crippen molar-refractivity contribution in [1.82, 2.24) is 14.8 Å². The van der Waals surface area contributed by atoms with Crippen LogP contribution in [-0.4, -0.2) is 41.8 Å². The van der Waals surface area contributed by atoms with Gasteiger partial charge in [0.1, 0.15) is 11.9 Å². The summed E-state index contributed by atoms with van der Waals surface area (Å²) in [6, 6.07) is 15.5. The fraction of sp³-hybridized carbons (Fsp3) is 0.238. The molecule has 134 valence electrons. The molecule has 0 spiro atoms. The lowest BCUT2D eigenvalue weighted by Crippen LogP contribution is -2.38. The first-order valence-corrected chi connectivity index (χ1v) is 8.47. The Bertz CT molecular complexity index is 903. The molecule has 0 aliphatic carbocycles. The second kappa shape index (κ2) is 7.62. The lowest BCUT2D eigenvalue weighted by Gasteiger charge is -2.29. The maximum Gasteiger partial charge on any atom is 0.244 e. The molecule has 1 amide bonds. The predicted molar refractivity (Wildman–Crippen MR) is 101 cm³/mol. The van der Waals surface area contributed by atoms with Gasteiger partial charge < -0.3 is 4.90 Å². The molecular formula is C21H22FN3O. The monoisotopic (exact) mass is 351 g/mol. The summed E-state index contributed by atoms with van der Waals surface area (Å²) < 4.78 is 13.2. The van der Waals surface area contributed by atoms with Crippen molar-refractivity contribution in [3.05, 3.63) is 77.7 Å². The van der Waals surface area contributed by atoms with Gasteiger partial charge in [0.05, 0.1) is 5.52 Å². The minimum atomic E-state index is -0.464. The van der Waals surface area contributed by atoms with E-state index in [9.17, 15) is 9.18 Å². The summed E-state index contributed by atoms with van der Waals surface area (Å²) in [5, 5.41) is 1.04. The van der Waals surface area contributed by atoms with E-state index >= 15 is 0 Å². The van der Waals surface area contributed by atoms with E-state index in [-0.39, 0.29) is 11.7 Å². The maximum absolute atomic E-state index is 13.2. The Balaban J connectivity index is 1.86. The zero-order chi connectivity index (χ0) is 18.7. The van der Waals surface area contributed by atoms with Crippen LogP contribution < -0.4 is 0 Å². The molecule has 3 aromatic rings. The van der Waals surface area contributed by atoms with Crippen LogP contribution in [-0.2, 0) is 11.3 Å². The maximum atomic E-state index is 13.2. The second-order valence-corrected chi connectivity index (χ2v) is 6.60. The number of hydrogen-bond acceptors (Lipinski definition) is 3. The van der Waals surface area contributed by atoms with E-state index in [0.717, 1.165) is 22.0 Å². The summed E-state index contributed by atoms with van der Waals surface area (Å²) in [7, 11) is 5.49. The van der Waals surface area contributed by atoms with Gasteiger partial charge in [-0.05, 0) is 49.5 Å². The van der Waals surface area contributed by atoms with E-state index in [2.05, 4.69) is 4.98 Å². The van der Waals surface area contributed by atoms with Crippen LogP contribution in [0.25, 0.3) is 10.9 Å². The summed E-state index contributed by atoms with van der Waals surface area (Å²) in [6.07, 6.45) is 1.76. The van der Waals surface area contributed by atoms with Crippen molar-refractivity contribution in [3.8, 4) is 0 Å². The number of halogens is 1. The highest BCUT2D eigenvalue weighted by atomic mass is 19.1. The van der Waals surface area contributed by atoms with Crippen molar-refractivity contribution in [2.24, 2.45) is 0 Å². The van der Waals surface area contributed by atoms with Gasteiger partial charge in [-0.25, -0.2) is 4.39 Å². The van der Waals surface area contributed by atoms with Crippen molar-refractivity contribution in [2.75, 3.05) is 21.1 Å². The summed E-state index contributed by atoms with van der Waals surface area (Å²) in [4.78, 5) is 21.0. The normalized spacial score (nSPS) is 12.3. The highest BCUT2D eigenvalue weighted by molar-refractivity contribution is 5.85. The Hall–Kier alpha value is -2.79. The average Bonchev–Trinajstić information content (AvgIpc) is 2.63. The molecular weight excluding hydrogens is 329 g/mol. The number of hydrogen-bond donors (Lipinski definition) is 0. The molecule has 0 aliphatic heterocycles. The number of nitrogens with zero attached hydrogens (tertiary/aromatic N) is 3. The van der Waals surface area contributed by atoms with Crippen molar-refractivity contribution in [3.63, 3.8) is 0 Å². The van der Waals surface area contributed by atoms with Crippen LogP contribution in [0.4, 0.5) is 4.39 Å². The minimum Gasteiger partial charge on any atom is -0.340 e. The minimum absolute atomic E-state index is 0.0394. The zero-order valence-corrected chi connectivity index (χ0v) is 15.2. The molecule has 2 aromatic carbocycles. The first-order chi connectivity index (χ1) is 12.5. The predicted octanol–water partition coefficient (Wildman–Crippen LogP) is 3.64. The van der Waals surface area contributed by atoms with Gasteiger partial charge in [0.15, 0.2) is 0 Å². The van der Waals surface area contributed by atoms with Gasteiger partial charge in [-0.3, -0.25) is 14.7 Å². The summed E-state index contributed by atoms with van der Waals surface area (Å²) in [5.41, 5.74) is 2.73. The SMILES string of the molecule is CN(Cc1cccc2ncccc12)C(=O)[C@H](c1ccc(F)cc1)N(C)C. The third-order valence-corrected chi connectivity index (χ3v) is 4.46. The standard InChI is InChI=1S/C21H22FN3O/c1-24(2)20(15-9-11-17(22)12-10-15)21(26)25(3)14-16-6-4-8-19-18(16)7-5-13-23-19/h4-13,20H,14H2,1-3H3/t20-/m0/s1. The quantitative estimate of drug-likeness (QED) is 0.704. The molecule has 0 saturated heterocycles. The van der Waals surface area contributed by atoms with E-state index in [1.54, 1.807) is 30.3 Å². The molecule has 3 rings (SSSR count). The number of carbonyl (C=O) groups is 1. The highest BCUT2D eigenvalue weighted by Crippen LogP contribution is 2.23. The fourth-order valence-electron chi connectivity index (χ4n) is 3.15. The van der Waals surface area contributed by atoms with E-state index in [1.807, 2.05) is 49.3 Å². The Morgan fingerprint density at radius 3 is 2.46 bits per heavy atom. The summed E-state index contributed by atoms with van der Waals surface area (Å²) in [5.74, 6) is -0.349. The molecule has 26 heavy (non-hydrogen) atoms. The zero-order valence-electron chi connectivity index (χ0n) is 15.2. The number of rotatable bonds is 5. The van der Waals surface area contributed by atoms with Gasteiger partial charge in [-0.15, -0.1) is 0 Å². The largest absolute Gasteiger partial charge is 0.340 e. The molecule has 4 nitrogen and oxygen atoms in total. The van der Waals surface area contributed by atoms with Crippen molar-refractivity contribution in [2.45, 2.75) is 12.6 Å². The Morgan fingerprint density at radius 2 is 1.77 bits per heavy atom. The van der Waals surface area contributed by atoms with Crippen molar-refractivity contribution in [1.29, 1.82) is 0 Å². The van der Waals surface area contributed by atoms with E-state index in [1.165, 1.54) is 12.1 Å². The van der Waals surface area contributed by atoms with Crippen LogP contribution in [0.2, 0.25) is 0 Å². The number of fused-ring (bicyclic) bond motifs is 1. The number of carbonyl (C=O) groups excluding carboxylic acids is 1. The lowest BCUT2D eigenvalue weighted by molar-refractivity contribution is -0.135. The molecule has 0 unspecified atom stereocenters. The Labute approximate surface area is 152 Å². The third-order valence-electron chi connectivity index (χ3n) is 4.46. The Kier molecular flexibility index (Phi) is 5.28.